The number of benzene rings is 1. The third-order valence-electron chi connectivity index (χ3n) is 3.69. The molecule has 1 aromatic heterocycles. The summed E-state index contributed by atoms with van der Waals surface area (Å²) in [5.74, 6) is 0.805. The summed E-state index contributed by atoms with van der Waals surface area (Å²) >= 11 is 0. The van der Waals surface area contributed by atoms with Crippen molar-refractivity contribution in [1.29, 1.82) is 5.41 Å². The number of aromatic nitrogens is 2. The van der Waals surface area contributed by atoms with Gasteiger partial charge in [-0.15, -0.1) is 0 Å². The molecular formula is C14H14F3N3. The number of fused-ring (bicyclic) bond motifs is 2. The van der Waals surface area contributed by atoms with E-state index in [0.29, 0.717) is 12.1 Å². The Labute approximate surface area is 113 Å². The molecule has 0 amide bonds. The van der Waals surface area contributed by atoms with Gasteiger partial charge in [0.25, 0.3) is 0 Å². The number of hydrogen-bond donors (Lipinski definition) is 1. The fourth-order valence-electron chi connectivity index (χ4n) is 2.63. The van der Waals surface area contributed by atoms with E-state index in [0.717, 1.165) is 43.6 Å². The van der Waals surface area contributed by atoms with Gasteiger partial charge in [-0.3, -0.25) is 5.41 Å². The van der Waals surface area contributed by atoms with E-state index in [1.54, 1.807) is 4.57 Å². The molecule has 0 saturated carbocycles. The van der Waals surface area contributed by atoms with E-state index in [4.69, 9.17) is 5.41 Å². The number of halogens is 3. The lowest BCUT2D eigenvalue weighted by atomic mass is 10.1. The highest BCUT2D eigenvalue weighted by molar-refractivity contribution is 5.78. The van der Waals surface area contributed by atoms with Gasteiger partial charge >= 0.3 is 6.18 Å². The van der Waals surface area contributed by atoms with Crippen LogP contribution in [0.4, 0.5) is 13.2 Å². The minimum atomic E-state index is -4.39. The van der Waals surface area contributed by atoms with Crippen molar-refractivity contribution in [3.63, 3.8) is 0 Å². The predicted molar refractivity (Wildman–Crippen MR) is 68.1 cm³/mol. The quantitative estimate of drug-likeness (QED) is 0.791. The van der Waals surface area contributed by atoms with Crippen LogP contribution in [-0.4, -0.2) is 9.55 Å². The predicted octanol–water partition coefficient (Wildman–Crippen LogP) is 3.26. The van der Waals surface area contributed by atoms with Gasteiger partial charge in [-0.2, -0.15) is 13.2 Å². The van der Waals surface area contributed by atoms with Gasteiger partial charge in [0.15, 0.2) is 0 Å². The Morgan fingerprint density at radius 1 is 1.15 bits per heavy atom. The first-order valence-corrected chi connectivity index (χ1v) is 6.62. The van der Waals surface area contributed by atoms with Crippen LogP contribution in [0.25, 0.3) is 10.9 Å². The minimum absolute atomic E-state index is 0.137. The molecule has 0 spiro atoms. The zero-order valence-electron chi connectivity index (χ0n) is 10.8. The normalized spacial score (nSPS) is 15.9. The zero-order valence-corrected chi connectivity index (χ0v) is 10.8. The summed E-state index contributed by atoms with van der Waals surface area (Å²) < 4.78 is 40.0. The van der Waals surface area contributed by atoms with Crippen LogP contribution in [-0.2, 0) is 19.1 Å². The molecule has 1 aliphatic heterocycles. The molecular weight excluding hydrogens is 267 g/mol. The molecule has 0 radical (unpaired) electrons. The number of aryl methyl sites for hydroxylation is 1. The summed E-state index contributed by atoms with van der Waals surface area (Å²) in [6.45, 7) is 0.660. The Morgan fingerprint density at radius 2 is 1.95 bits per heavy atom. The molecule has 3 rings (SSSR count). The molecule has 1 aromatic carbocycles. The molecule has 0 fully saturated rings. The van der Waals surface area contributed by atoms with Gasteiger partial charge in [0.2, 0.25) is 0 Å². The maximum atomic E-state index is 12.8. The van der Waals surface area contributed by atoms with Crippen molar-refractivity contribution in [2.24, 2.45) is 0 Å². The first kappa shape index (κ1) is 13.1. The largest absolute Gasteiger partial charge is 0.416 e. The third-order valence-corrected chi connectivity index (χ3v) is 3.69. The summed E-state index contributed by atoms with van der Waals surface area (Å²) in [7, 11) is 0. The van der Waals surface area contributed by atoms with Gasteiger partial charge in [-0.05, 0) is 31.0 Å². The van der Waals surface area contributed by atoms with E-state index in [-0.39, 0.29) is 10.9 Å². The molecule has 3 nitrogen and oxygen atoms in total. The Bertz CT molecular complexity index is 716. The molecule has 1 N–H and O–H groups in total. The highest BCUT2D eigenvalue weighted by Crippen LogP contribution is 2.30. The molecule has 0 atom stereocenters. The highest BCUT2D eigenvalue weighted by Gasteiger charge is 2.30. The molecule has 2 heterocycles. The first-order chi connectivity index (χ1) is 9.47. The van der Waals surface area contributed by atoms with Crippen molar-refractivity contribution in [2.45, 2.75) is 38.4 Å². The SMILES string of the molecule is N=c1c2cc(C(F)(F)F)ccc2nc2n1CCCCC2. The van der Waals surface area contributed by atoms with Crippen LogP contribution in [0.2, 0.25) is 0 Å². The maximum Gasteiger partial charge on any atom is 0.416 e. The van der Waals surface area contributed by atoms with Crippen LogP contribution in [0, 0.1) is 5.41 Å². The molecule has 0 bridgehead atoms. The molecule has 2 aromatic rings. The van der Waals surface area contributed by atoms with E-state index in [9.17, 15) is 13.2 Å². The molecule has 6 heteroatoms. The molecule has 1 aliphatic rings. The summed E-state index contributed by atoms with van der Waals surface area (Å²) in [4.78, 5) is 4.44. The van der Waals surface area contributed by atoms with Crippen molar-refractivity contribution in [3.05, 3.63) is 35.1 Å². The molecule has 0 unspecified atom stereocenters. The number of rotatable bonds is 0. The lowest BCUT2D eigenvalue weighted by Gasteiger charge is -2.13. The van der Waals surface area contributed by atoms with Crippen LogP contribution < -0.4 is 5.49 Å². The second-order valence-electron chi connectivity index (χ2n) is 5.07. The van der Waals surface area contributed by atoms with E-state index < -0.39 is 11.7 Å². The summed E-state index contributed by atoms with van der Waals surface area (Å²) in [6.07, 6.45) is -0.595. The molecule has 106 valence electrons. The van der Waals surface area contributed by atoms with Crippen LogP contribution in [0.15, 0.2) is 18.2 Å². The second kappa shape index (κ2) is 4.61. The Morgan fingerprint density at radius 3 is 2.70 bits per heavy atom. The van der Waals surface area contributed by atoms with E-state index in [1.807, 2.05) is 0 Å². The van der Waals surface area contributed by atoms with Gasteiger partial charge in [0.1, 0.15) is 11.3 Å². The smallest absolute Gasteiger partial charge is 0.314 e. The fraction of sp³-hybridized carbons (Fsp3) is 0.429. The van der Waals surface area contributed by atoms with Gasteiger partial charge in [-0.25, -0.2) is 4.98 Å². The van der Waals surface area contributed by atoms with E-state index in [1.165, 1.54) is 6.07 Å². The standard InChI is InChI=1S/C14H14F3N3/c15-14(16,17)9-5-6-11-10(8-9)13(18)20-7-3-1-2-4-12(20)19-11/h5-6,8,18H,1-4,7H2. The van der Waals surface area contributed by atoms with Gasteiger partial charge < -0.3 is 4.57 Å². The zero-order chi connectivity index (χ0) is 14.3. The molecule has 20 heavy (non-hydrogen) atoms. The average Bonchev–Trinajstić information content (AvgIpc) is 2.63. The van der Waals surface area contributed by atoms with E-state index >= 15 is 0 Å². The summed E-state index contributed by atoms with van der Waals surface area (Å²) in [5, 5.41) is 8.44. The Kier molecular flexibility index (Phi) is 3.03. The molecule has 0 aliphatic carbocycles. The number of nitrogens with one attached hydrogen (secondary N) is 1. The van der Waals surface area contributed by atoms with Crippen LogP contribution in [0.1, 0.15) is 30.7 Å². The van der Waals surface area contributed by atoms with Crippen LogP contribution >= 0.6 is 0 Å². The summed E-state index contributed by atoms with van der Waals surface area (Å²) in [6, 6.07) is 3.42. The van der Waals surface area contributed by atoms with Crippen molar-refractivity contribution in [2.75, 3.05) is 0 Å². The minimum Gasteiger partial charge on any atom is -0.314 e. The average molecular weight is 281 g/mol. The van der Waals surface area contributed by atoms with Crippen molar-refractivity contribution in [3.8, 4) is 0 Å². The second-order valence-corrected chi connectivity index (χ2v) is 5.07. The van der Waals surface area contributed by atoms with Gasteiger partial charge in [0.05, 0.1) is 11.1 Å². The Hall–Kier alpha value is -1.85. The topological polar surface area (TPSA) is 41.7 Å². The fourth-order valence-corrected chi connectivity index (χ4v) is 2.63. The maximum absolute atomic E-state index is 12.8. The van der Waals surface area contributed by atoms with Crippen LogP contribution in [0.5, 0.6) is 0 Å². The highest BCUT2D eigenvalue weighted by atomic mass is 19.4. The number of nitrogens with zero attached hydrogens (tertiary/aromatic N) is 2. The third kappa shape index (κ3) is 2.19. The lowest BCUT2D eigenvalue weighted by molar-refractivity contribution is -0.137. The Balaban J connectivity index is 2.26. The van der Waals surface area contributed by atoms with E-state index in [2.05, 4.69) is 4.98 Å². The number of alkyl halides is 3. The van der Waals surface area contributed by atoms with Crippen molar-refractivity contribution >= 4 is 10.9 Å². The molecule has 0 saturated heterocycles. The van der Waals surface area contributed by atoms with Crippen molar-refractivity contribution in [1.82, 2.24) is 9.55 Å². The number of hydrogen-bond acceptors (Lipinski definition) is 2. The lowest BCUT2D eigenvalue weighted by Crippen LogP contribution is -2.25. The van der Waals surface area contributed by atoms with Gasteiger partial charge in [-0.1, -0.05) is 6.42 Å². The van der Waals surface area contributed by atoms with Gasteiger partial charge in [0, 0.05) is 18.4 Å². The van der Waals surface area contributed by atoms with Crippen LogP contribution in [0.3, 0.4) is 0 Å². The van der Waals surface area contributed by atoms with Crippen molar-refractivity contribution < 1.29 is 13.2 Å². The first-order valence-electron chi connectivity index (χ1n) is 6.62. The summed E-state index contributed by atoms with van der Waals surface area (Å²) in [5.41, 5.74) is -0.122. The monoisotopic (exact) mass is 281 g/mol.